The Morgan fingerprint density at radius 3 is 2.76 bits per heavy atom. The van der Waals surface area contributed by atoms with Crippen molar-refractivity contribution in [1.29, 1.82) is 0 Å². The molecule has 3 rings (SSSR count). The number of methoxy groups -OCH3 is 1. The smallest absolute Gasteiger partial charge is 0.320 e. The highest BCUT2D eigenvalue weighted by atomic mass is 16.5. The molecule has 25 heavy (non-hydrogen) atoms. The number of benzene rings is 2. The van der Waals surface area contributed by atoms with Gasteiger partial charge >= 0.3 is 6.03 Å². The van der Waals surface area contributed by atoms with Gasteiger partial charge in [0, 0.05) is 18.2 Å². The van der Waals surface area contributed by atoms with Crippen LogP contribution in [-0.4, -0.2) is 24.8 Å². The number of rotatable bonds is 6. The van der Waals surface area contributed by atoms with Gasteiger partial charge in [0.15, 0.2) is 11.6 Å². The van der Waals surface area contributed by atoms with Crippen LogP contribution in [0.2, 0.25) is 0 Å². The Morgan fingerprint density at radius 1 is 1.12 bits per heavy atom. The first-order chi connectivity index (χ1) is 12.2. The van der Waals surface area contributed by atoms with Crippen LogP contribution < -0.4 is 15.4 Å². The van der Waals surface area contributed by atoms with Crippen LogP contribution in [-0.2, 0) is 6.42 Å². The van der Waals surface area contributed by atoms with Crippen LogP contribution in [0.5, 0.6) is 5.75 Å². The number of ether oxygens (including phenoxy) is 1. The zero-order chi connectivity index (χ0) is 17.5. The highest BCUT2D eigenvalue weighted by Crippen LogP contribution is 2.21. The van der Waals surface area contributed by atoms with E-state index < -0.39 is 0 Å². The first kappa shape index (κ1) is 16.6. The molecule has 2 amide bonds. The van der Waals surface area contributed by atoms with Crippen molar-refractivity contribution in [1.82, 2.24) is 10.5 Å². The van der Waals surface area contributed by atoms with Crippen LogP contribution in [0.15, 0.2) is 65.2 Å². The average Bonchev–Trinajstić information content (AvgIpc) is 3.11. The highest BCUT2D eigenvalue weighted by Gasteiger charge is 2.09. The lowest BCUT2D eigenvalue weighted by atomic mass is 10.1. The Hall–Kier alpha value is -3.28. The summed E-state index contributed by atoms with van der Waals surface area (Å²) in [6.45, 7) is 0.502. The fraction of sp³-hybridized carbons (Fsp3) is 0.158. The summed E-state index contributed by atoms with van der Waals surface area (Å²) in [5, 5.41) is 9.31. The van der Waals surface area contributed by atoms with Crippen molar-refractivity contribution in [2.45, 2.75) is 6.42 Å². The van der Waals surface area contributed by atoms with Gasteiger partial charge in [-0.25, -0.2) is 4.79 Å². The van der Waals surface area contributed by atoms with Gasteiger partial charge in [-0.1, -0.05) is 47.6 Å². The summed E-state index contributed by atoms with van der Waals surface area (Å²) in [5.74, 6) is 1.78. The number of urea groups is 1. The quantitative estimate of drug-likeness (QED) is 0.719. The Labute approximate surface area is 145 Å². The molecule has 0 aliphatic rings. The van der Waals surface area contributed by atoms with Crippen molar-refractivity contribution in [3.8, 4) is 17.1 Å². The van der Waals surface area contributed by atoms with Crippen LogP contribution >= 0.6 is 0 Å². The number of amides is 2. The second kappa shape index (κ2) is 8.01. The molecule has 0 aliphatic carbocycles. The van der Waals surface area contributed by atoms with E-state index in [0.717, 1.165) is 16.9 Å². The van der Waals surface area contributed by atoms with E-state index in [1.54, 1.807) is 13.2 Å². The lowest BCUT2D eigenvalue weighted by Gasteiger charge is -2.06. The number of aromatic nitrogens is 1. The van der Waals surface area contributed by atoms with Crippen molar-refractivity contribution >= 4 is 11.8 Å². The monoisotopic (exact) mass is 337 g/mol. The van der Waals surface area contributed by atoms with E-state index in [-0.39, 0.29) is 6.03 Å². The number of nitrogens with one attached hydrogen (secondary N) is 2. The molecule has 2 aromatic carbocycles. The van der Waals surface area contributed by atoms with Gasteiger partial charge in [0.2, 0.25) is 0 Å². The number of anilines is 1. The topological polar surface area (TPSA) is 76.4 Å². The van der Waals surface area contributed by atoms with E-state index in [4.69, 9.17) is 9.26 Å². The summed E-state index contributed by atoms with van der Waals surface area (Å²) in [6.07, 6.45) is 0.707. The summed E-state index contributed by atoms with van der Waals surface area (Å²) in [5.41, 5.74) is 1.99. The molecule has 3 aromatic rings. The van der Waals surface area contributed by atoms with Crippen molar-refractivity contribution in [2.75, 3.05) is 19.0 Å². The number of hydrogen-bond donors (Lipinski definition) is 2. The van der Waals surface area contributed by atoms with Crippen molar-refractivity contribution in [3.05, 3.63) is 66.2 Å². The number of carbonyl (C=O) groups excluding carboxylic acids is 1. The predicted octanol–water partition coefficient (Wildman–Crippen LogP) is 3.71. The zero-order valence-electron chi connectivity index (χ0n) is 13.9. The summed E-state index contributed by atoms with van der Waals surface area (Å²) in [4.78, 5) is 11.9. The molecule has 0 saturated heterocycles. The maximum atomic E-state index is 11.9. The molecule has 2 N–H and O–H groups in total. The zero-order valence-corrected chi connectivity index (χ0v) is 13.9. The van der Waals surface area contributed by atoms with Crippen molar-refractivity contribution in [3.63, 3.8) is 0 Å². The Kier molecular flexibility index (Phi) is 5.31. The molecule has 6 heteroatoms. The van der Waals surface area contributed by atoms with Crippen LogP contribution in [0.25, 0.3) is 11.3 Å². The highest BCUT2D eigenvalue weighted by molar-refractivity contribution is 5.88. The van der Waals surface area contributed by atoms with Gasteiger partial charge in [0.1, 0.15) is 5.75 Å². The molecule has 0 spiro atoms. The van der Waals surface area contributed by atoms with Crippen LogP contribution in [0.4, 0.5) is 10.6 Å². The van der Waals surface area contributed by atoms with Gasteiger partial charge < -0.3 is 14.6 Å². The first-order valence-electron chi connectivity index (χ1n) is 7.94. The van der Waals surface area contributed by atoms with Gasteiger partial charge in [0.25, 0.3) is 0 Å². The summed E-state index contributed by atoms with van der Waals surface area (Å²) in [6, 6.07) is 18.7. The lowest BCUT2D eigenvalue weighted by Crippen LogP contribution is -2.30. The van der Waals surface area contributed by atoms with Gasteiger partial charge in [-0.15, -0.1) is 0 Å². The number of carbonyl (C=O) groups is 1. The molecular formula is C19H19N3O3. The molecule has 0 fully saturated rings. The third-order valence-electron chi connectivity index (χ3n) is 3.64. The largest absolute Gasteiger partial charge is 0.497 e. The molecule has 6 nitrogen and oxygen atoms in total. The van der Waals surface area contributed by atoms with E-state index in [0.29, 0.717) is 24.5 Å². The van der Waals surface area contributed by atoms with E-state index in [1.165, 1.54) is 0 Å². The molecule has 1 heterocycles. The fourth-order valence-electron chi connectivity index (χ4n) is 2.38. The van der Waals surface area contributed by atoms with Crippen LogP contribution in [0.3, 0.4) is 0 Å². The second-order valence-electron chi connectivity index (χ2n) is 5.42. The maximum absolute atomic E-state index is 11.9. The van der Waals surface area contributed by atoms with Gasteiger partial charge in [0.05, 0.1) is 7.11 Å². The van der Waals surface area contributed by atoms with E-state index in [2.05, 4.69) is 15.8 Å². The second-order valence-corrected chi connectivity index (χ2v) is 5.42. The lowest BCUT2D eigenvalue weighted by molar-refractivity contribution is 0.252. The number of hydrogen-bond acceptors (Lipinski definition) is 4. The van der Waals surface area contributed by atoms with Crippen LogP contribution in [0.1, 0.15) is 5.56 Å². The Morgan fingerprint density at radius 2 is 1.96 bits per heavy atom. The SMILES string of the molecule is COc1cccc(CCNC(=O)Nc2cc(-c3ccccc3)on2)c1. The Bertz CT molecular complexity index is 831. The van der Waals surface area contributed by atoms with E-state index >= 15 is 0 Å². The van der Waals surface area contributed by atoms with E-state index in [1.807, 2.05) is 54.6 Å². The maximum Gasteiger partial charge on any atom is 0.320 e. The molecule has 1 aromatic heterocycles. The fourth-order valence-corrected chi connectivity index (χ4v) is 2.38. The molecule has 0 aliphatic heterocycles. The molecule has 0 saturated carbocycles. The average molecular weight is 337 g/mol. The van der Waals surface area contributed by atoms with Crippen molar-refractivity contribution in [2.24, 2.45) is 0 Å². The third-order valence-corrected chi connectivity index (χ3v) is 3.64. The Balaban J connectivity index is 1.49. The summed E-state index contributed by atoms with van der Waals surface area (Å²) < 4.78 is 10.4. The summed E-state index contributed by atoms with van der Waals surface area (Å²) >= 11 is 0. The molecule has 0 radical (unpaired) electrons. The van der Waals surface area contributed by atoms with Gasteiger partial charge in [-0.2, -0.15) is 0 Å². The molecule has 0 unspecified atom stereocenters. The van der Waals surface area contributed by atoms with Crippen molar-refractivity contribution < 1.29 is 14.1 Å². The minimum Gasteiger partial charge on any atom is -0.497 e. The predicted molar refractivity (Wildman–Crippen MR) is 95.7 cm³/mol. The minimum absolute atomic E-state index is 0.323. The standard InChI is InChI=1S/C19H19N3O3/c1-24-16-9-5-6-14(12-16)10-11-20-19(23)21-18-13-17(25-22-18)15-7-3-2-4-8-15/h2-9,12-13H,10-11H2,1H3,(H2,20,21,22,23). The van der Waals surface area contributed by atoms with Gasteiger partial charge in [-0.05, 0) is 24.1 Å². The molecule has 0 bridgehead atoms. The molecule has 128 valence electrons. The normalized spacial score (nSPS) is 10.3. The molecular weight excluding hydrogens is 318 g/mol. The van der Waals surface area contributed by atoms with Gasteiger partial charge in [-0.3, -0.25) is 5.32 Å². The van der Waals surface area contributed by atoms with E-state index in [9.17, 15) is 4.79 Å². The number of nitrogens with zero attached hydrogens (tertiary/aromatic N) is 1. The first-order valence-corrected chi connectivity index (χ1v) is 7.94. The minimum atomic E-state index is -0.323. The summed E-state index contributed by atoms with van der Waals surface area (Å²) in [7, 11) is 1.63. The van der Waals surface area contributed by atoms with Crippen LogP contribution in [0, 0.1) is 0 Å². The third kappa shape index (κ3) is 4.60. The molecule has 0 atom stereocenters.